The molecule has 0 unspecified atom stereocenters. The van der Waals surface area contributed by atoms with E-state index in [2.05, 4.69) is 6.07 Å². The van der Waals surface area contributed by atoms with E-state index in [9.17, 15) is 4.79 Å². The SMILES string of the molecule is CC(=O)CCCc1cc2ccccc2o1. The second-order valence-corrected chi connectivity index (χ2v) is 3.81. The van der Waals surface area contributed by atoms with Gasteiger partial charge in [-0.15, -0.1) is 0 Å². The Bertz CT molecular complexity index is 435. The quantitative estimate of drug-likeness (QED) is 0.761. The van der Waals surface area contributed by atoms with E-state index < -0.39 is 0 Å². The fourth-order valence-electron chi connectivity index (χ4n) is 1.67. The molecule has 0 bridgehead atoms. The number of aryl methyl sites for hydroxylation is 1. The van der Waals surface area contributed by atoms with Crippen LogP contribution < -0.4 is 0 Å². The summed E-state index contributed by atoms with van der Waals surface area (Å²) in [5.74, 6) is 1.21. The summed E-state index contributed by atoms with van der Waals surface area (Å²) in [6.07, 6.45) is 2.35. The number of rotatable bonds is 4. The van der Waals surface area contributed by atoms with E-state index >= 15 is 0 Å². The van der Waals surface area contributed by atoms with Crippen molar-refractivity contribution in [2.45, 2.75) is 26.2 Å². The number of carbonyl (C=O) groups is 1. The van der Waals surface area contributed by atoms with E-state index in [4.69, 9.17) is 4.42 Å². The average Bonchev–Trinajstić information content (AvgIpc) is 2.59. The van der Waals surface area contributed by atoms with Crippen molar-refractivity contribution in [2.24, 2.45) is 0 Å². The van der Waals surface area contributed by atoms with Crippen molar-refractivity contribution in [2.75, 3.05) is 0 Å². The molecule has 2 rings (SSSR count). The highest BCUT2D eigenvalue weighted by molar-refractivity contribution is 5.77. The van der Waals surface area contributed by atoms with Crippen molar-refractivity contribution in [1.82, 2.24) is 0 Å². The van der Waals surface area contributed by atoms with Gasteiger partial charge < -0.3 is 9.21 Å². The van der Waals surface area contributed by atoms with Crippen LogP contribution in [-0.2, 0) is 11.2 Å². The molecule has 2 aromatic rings. The molecule has 0 N–H and O–H groups in total. The number of ketones is 1. The highest BCUT2D eigenvalue weighted by atomic mass is 16.3. The van der Waals surface area contributed by atoms with Crippen LogP contribution in [-0.4, -0.2) is 5.78 Å². The van der Waals surface area contributed by atoms with Crippen LogP contribution in [0.25, 0.3) is 11.0 Å². The molecule has 2 nitrogen and oxygen atoms in total. The van der Waals surface area contributed by atoms with Gasteiger partial charge in [0.25, 0.3) is 0 Å². The first kappa shape index (κ1) is 9.97. The second-order valence-electron chi connectivity index (χ2n) is 3.81. The molecule has 15 heavy (non-hydrogen) atoms. The van der Waals surface area contributed by atoms with E-state index in [0.717, 1.165) is 29.6 Å². The fraction of sp³-hybridized carbons (Fsp3) is 0.308. The van der Waals surface area contributed by atoms with E-state index in [1.54, 1.807) is 6.92 Å². The highest BCUT2D eigenvalue weighted by Crippen LogP contribution is 2.19. The Kier molecular flexibility index (Phi) is 2.86. The predicted molar refractivity (Wildman–Crippen MR) is 59.8 cm³/mol. The molecule has 0 aliphatic carbocycles. The van der Waals surface area contributed by atoms with Gasteiger partial charge in [-0.1, -0.05) is 18.2 Å². The second kappa shape index (κ2) is 4.30. The van der Waals surface area contributed by atoms with Crippen LogP contribution in [0.2, 0.25) is 0 Å². The minimum absolute atomic E-state index is 0.242. The van der Waals surface area contributed by atoms with Crippen molar-refractivity contribution in [3.63, 3.8) is 0 Å². The molecule has 0 saturated heterocycles. The van der Waals surface area contributed by atoms with Gasteiger partial charge >= 0.3 is 0 Å². The van der Waals surface area contributed by atoms with Crippen LogP contribution in [0.1, 0.15) is 25.5 Å². The summed E-state index contributed by atoms with van der Waals surface area (Å²) in [6.45, 7) is 1.62. The Morgan fingerprint density at radius 3 is 2.87 bits per heavy atom. The Morgan fingerprint density at radius 1 is 1.33 bits per heavy atom. The number of furan rings is 1. The standard InChI is InChI=1S/C13H14O2/c1-10(14)5-4-7-12-9-11-6-2-3-8-13(11)15-12/h2-3,6,8-9H,4-5,7H2,1H3. The molecule has 0 atom stereocenters. The monoisotopic (exact) mass is 202 g/mol. The first-order chi connectivity index (χ1) is 7.25. The first-order valence-corrected chi connectivity index (χ1v) is 5.22. The zero-order valence-corrected chi connectivity index (χ0v) is 8.82. The predicted octanol–water partition coefficient (Wildman–Crippen LogP) is 3.34. The van der Waals surface area contributed by atoms with Gasteiger partial charge in [-0.25, -0.2) is 0 Å². The van der Waals surface area contributed by atoms with E-state index in [1.807, 2.05) is 24.3 Å². The van der Waals surface area contributed by atoms with Crippen LogP contribution in [0.3, 0.4) is 0 Å². The topological polar surface area (TPSA) is 30.2 Å². The normalized spacial score (nSPS) is 10.7. The minimum atomic E-state index is 0.242. The lowest BCUT2D eigenvalue weighted by molar-refractivity contribution is -0.117. The van der Waals surface area contributed by atoms with Gasteiger partial charge in [0.05, 0.1) is 0 Å². The third kappa shape index (κ3) is 2.46. The summed E-state index contributed by atoms with van der Waals surface area (Å²) in [7, 11) is 0. The van der Waals surface area contributed by atoms with Crippen LogP contribution in [0.15, 0.2) is 34.7 Å². The van der Waals surface area contributed by atoms with Crippen molar-refractivity contribution in [1.29, 1.82) is 0 Å². The molecule has 0 aliphatic heterocycles. The zero-order chi connectivity index (χ0) is 10.7. The first-order valence-electron chi connectivity index (χ1n) is 5.22. The van der Waals surface area contributed by atoms with Crippen molar-refractivity contribution >= 4 is 16.8 Å². The summed E-state index contributed by atoms with van der Waals surface area (Å²) in [4.78, 5) is 10.8. The summed E-state index contributed by atoms with van der Waals surface area (Å²) in [5.41, 5.74) is 0.926. The largest absolute Gasteiger partial charge is 0.461 e. The van der Waals surface area contributed by atoms with E-state index in [1.165, 1.54) is 0 Å². The van der Waals surface area contributed by atoms with Crippen molar-refractivity contribution in [3.8, 4) is 0 Å². The lowest BCUT2D eigenvalue weighted by Crippen LogP contribution is -1.91. The minimum Gasteiger partial charge on any atom is -0.461 e. The number of hydrogen-bond acceptors (Lipinski definition) is 2. The van der Waals surface area contributed by atoms with Crippen LogP contribution in [0.5, 0.6) is 0 Å². The van der Waals surface area contributed by atoms with Gasteiger partial charge in [0.15, 0.2) is 0 Å². The Morgan fingerprint density at radius 2 is 2.13 bits per heavy atom. The van der Waals surface area contributed by atoms with Gasteiger partial charge in [-0.05, 0) is 25.5 Å². The molecule has 78 valence electrons. The van der Waals surface area contributed by atoms with Gasteiger partial charge in [0.2, 0.25) is 0 Å². The molecule has 1 aromatic carbocycles. The van der Waals surface area contributed by atoms with Crippen LogP contribution >= 0.6 is 0 Å². The Labute approximate surface area is 88.9 Å². The van der Waals surface area contributed by atoms with Crippen molar-refractivity contribution < 1.29 is 9.21 Å². The number of Topliss-reactive ketones (excluding diaryl/α,β-unsaturated/α-hetero) is 1. The van der Waals surface area contributed by atoms with Gasteiger partial charge in [0, 0.05) is 18.2 Å². The maximum atomic E-state index is 10.8. The number of benzene rings is 1. The van der Waals surface area contributed by atoms with E-state index in [0.29, 0.717) is 6.42 Å². The van der Waals surface area contributed by atoms with Crippen molar-refractivity contribution in [3.05, 3.63) is 36.1 Å². The van der Waals surface area contributed by atoms with Gasteiger partial charge in [-0.3, -0.25) is 0 Å². The van der Waals surface area contributed by atoms with E-state index in [-0.39, 0.29) is 5.78 Å². The fourth-order valence-corrected chi connectivity index (χ4v) is 1.67. The van der Waals surface area contributed by atoms with Gasteiger partial charge in [0.1, 0.15) is 17.1 Å². The maximum absolute atomic E-state index is 10.8. The molecule has 0 fully saturated rings. The summed E-state index contributed by atoms with van der Waals surface area (Å²) >= 11 is 0. The number of fused-ring (bicyclic) bond motifs is 1. The molecule has 0 aliphatic rings. The zero-order valence-electron chi connectivity index (χ0n) is 8.82. The highest BCUT2D eigenvalue weighted by Gasteiger charge is 2.03. The molecule has 0 spiro atoms. The summed E-state index contributed by atoms with van der Waals surface area (Å²) < 4.78 is 5.64. The third-order valence-electron chi connectivity index (χ3n) is 2.43. The molecule has 1 heterocycles. The lowest BCUT2D eigenvalue weighted by atomic mass is 10.1. The molecule has 0 amide bonds. The van der Waals surface area contributed by atoms with Crippen LogP contribution in [0.4, 0.5) is 0 Å². The molecule has 0 radical (unpaired) electrons. The molecule has 2 heteroatoms. The Hall–Kier alpha value is -1.57. The average molecular weight is 202 g/mol. The molecular weight excluding hydrogens is 188 g/mol. The lowest BCUT2D eigenvalue weighted by Gasteiger charge is -1.93. The molecular formula is C13H14O2. The summed E-state index contributed by atoms with van der Waals surface area (Å²) in [5, 5.41) is 1.13. The molecule has 1 aromatic heterocycles. The van der Waals surface area contributed by atoms with Crippen LogP contribution in [0, 0.1) is 0 Å². The maximum Gasteiger partial charge on any atom is 0.134 e. The third-order valence-corrected chi connectivity index (χ3v) is 2.43. The number of carbonyl (C=O) groups excluding carboxylic acids is 1. The summed E-state index contributed by atoms with van der Waals surface area (Å²) in [6, 6.07) is 10.0. The number of para-hydroxylation sites is 1. The van der Waals surface area contributed by atoms with Gasteiger partial charge in [-0.2, -0.15) is 0 Å². The number of hydrogen-bond donors (Lipinski definition) is 0. The Balaban J connectivity index is 2.05. The molecule has 0 saturated carbocycles. The smallest absolute Gasteiger partial charge is 0.134 e.